The summed E-state index contributed by atoms with van der Waals surface area (Å²) in [5.74, 6) is 0. The number of nitrogens with zero attached hydrogens (tertiary/aromatic N) is 1. The predicted octanol–water partition coefficient (Wildman–Crippen LogP) is 6.08. The third-order valence-corrected chi connectivity index (χ3v) is 5.43. The molecule has 0 bridgehead atoms. The van der Waals surface area contributed by atoms with Crippen molar-refractivity contribution in [2.75, 3.05) is 40.9 Å². The Morgan fingerprint density at radius 1 is 0.778 bits per heavy atom. The van der Waals surface area contributed by atoms with Gasteiger partial charge in [-0.1, -0.05) is 70.4 Å². The van der Waals surface area contributed by atoms with Crippen molar-refractivity contribution in [3.8, 4) is 0 Å². The highest BCUT2D eigenvalue weighted by Crippen LogP contribution is 2.43. The molecule has 0 heterocycles. The molecule has 1 N–H and O–H groups in total. The molecule has 0 aliphatic heterocycles. The smallest absolute Gasteiger partial charge is 0.329 e. The Bertz CT molecular complexity index is 407. The van der Waals surface area contributed by atoms with Gasteiger partial charge in [-0.2, -0.15) is 0 Å². The molecule has 0 aromatic rings. The number of phosphoric acid groups is 1. The van der Waals surface area contributed by atoms with Crippen molar-refractivity contribution in [1.29, 1.82) is 0 Å². The number of quaternary nitrogens is 1. The van der Waals surface area contributed by atoms with E-state index in [0.29, 0.717) is 17.6 Å². The van der Waals surface area contributed by atoms with E-state index < -0.39 is 7.82 Å². The lowest BCUT2D eigenvalue weighted by molar-refractivity contribution is -0.870. The molecule has 0 amide bonds. The molecule has 1 atom stereocenters. The summed E-state index contributed by atoms with van der Waals surface area (Å²) >= 11 is 0. The molecule has 0 aromatic carbocycles. The molecule has 0 aromatic heterocycles. The van der Waals surface area contributed by atoms with Crippen LogP contribution in [-0.4, -0.2) is 50.3 Å². The van der Waals surface area contributed by atoms with Crippen molar-refractivity contribution < 1.29 is 23.0 Å². The van der Waals surface area contributed by atoms with E-state index in [1.54, 1.807) is 0 Å². The molecule has 0 rings (SSSR count). The quantitative estimate of drug-likeness (QED) is 0.122. The van der Waals surface area contributed by atoms with Gasteiger partial charge in [0.1, 0.15) is 13.2 Å². The Labute approximate surface area is 168 Å². The van der Waals surface area contributed by atoms with Gasteiger partial charge in [-0.25, -0.2) is 4.57 Å². The van der Waals surface area contributed by atoms with Crippen molar-refractivity contribution in [1.82, 2.24) is 0 Å². The lowest BCUT2D eigenvalue weighted by atomic mass is 10.1. The minimum Gasteiger partial charge on any atom is -0.329 e. The SMILES string of the molecule is CCC/C=C\CCCCCCCCCCCOP(=O)(O)OCC[N+](C)(C)C. The van der Waals surface area contributed by atoms with E-state index in [0.717, 1.165) is 12.8 Å². The third-order valence-electron chi connectivity index (χ3n) is 4.41. The van der Waals surface area contributed by atoms with Crippen molar-refractivity contribution in [2.24, 2.45) is 0 Å². The van der Waals surface area contributed by atoms with Gasteiger partial charge in [0.25, 0.3) is 0 Å². The summed E-state index contributed by atoms with van der Waals surface area (Å²) < 4.78 is 22.4. The Hall–Kier alpha value is -0.190. The van der Waals surface area contributed by atoms with Crippen LogP contribution < -0.4 is 0 Å². The second-order valence-corrected chi connectivity index (χ2v) is 9.83. The summed E-state index contributed by atoms with van der Waals surface area (Å²) in [5, 5.41) is 0. The molecule has 162 valence electrons. The summed E-state index contributed by atoms with van der Waals surface area (Å²) in [5.41, 5.74) is 0. The van der Waals surface area contributed by atoms with Crippen LogP contribution >= 0.6 is 7.82 Å². The summed E-state index contributed by atoms with van der Waals surface area (Å²) in [6.45, 7) is 3.41. The van der Waals surface area contributed by atoms with E-state index in [-0.39, 0.29) is 6.61 Å². The molecular formula is C21H45NO4P+. The summed E-state index contributed by atoms with van der Waals surface area (Å²) in [6, 6.07) is 0. The molecular weight excluding hydrogens is 361 g/mol. The summed E-state index contributed by atoms with van der Waals surface area (Å²) in [6.07, 6.45) is 19.2. The zero-order chi connectivity index (χ0) is 20.4. The van der Waals surface area contributed by atoms with E-state index in [1.165, 1.54) is 64.2 Å². The number of likely N-dealkylation sites (N-methyl/N-ethyl adjacent to an activating group) is 1. The molecule has 27 heavy (non-hydrogen) atoms. The molecule has 0 aliphatic carbocycles. The van der Waals surface area contributed by atoms with Crippen LogP contribution in [0.15, 0.2) is 12.2 Å². The Balaban J connectivity index is 3.36. The van der Waals surface area contributed by atoms with Gasteiger partial charge in [-0.05, 0) is 25.7 Å². The van der Waals surface area contributed by atoms with Gasteiger partial charge in [0, 0.05) is 0 Å². The van der Waals surface area contributed by atoms with Crippen LogP contribution in [0.25, 0.3) is 0 Å². The average Bonchev–Trinajstić information content (AvgIpc) is 2.57. The number of hydrogen-bond acceptors (Lipinski definition) is 3. The van der Waals surface area contributed by atoms with Crippen molar-refractivity contribution >= 4 is 7.82 Å². The van der Waals surface area contributed by atoms with Gasteiger partial charge in [-0.3, -0.25) is 9.05 Å². The highest BCUT2D eigenvalue weighted by molar-refractivity contribution is 7.47. The van der Waals surface area contributed by atoms with Crippen LogP contribution in [0.3, 0.4) is 0 Å². The summed E-state index contributed by atoms with van der Waals surface area (Å²) in [7, 11) is 2.16. The highest BCUT2D eigenvalue weighted by atomic mass is 31.2. The topological polar surface area (TPSA) is 55.8 Å². The largest absolute Gasteiger partial charge is 0.472 e. The molecule has 0 spiro atoms. The van der Waals surface area contributed by atoms with Crippen molar-refractivity contribution in [2.45, 2.75) is 84.0 Å². The minimum atomic E-state index is -3.88. The molecule has 0 aliphatic rings. The Kier molecular flexibility index (Phi) is 16.6. The van der Waals surface area contributed by atoms with Crippen LogP contribution in [0.2, 0.25) is 0 Å². The number of allylic oxidation sites excluding steroid dienone is 2. The van der Waals surface area contributed by atoms with Gasteiger partial charge in [0.15, 0.2) is 0 Å². The van der Waals surface area contributed by atoms with Crippen LogP contribution in [0.5, 0.6) is 0 Å². The molecule has 0 fully saturated rings. The maximum Gasteiger partial charge on any atom is 0.472 e. The molecule has 0 saturated heterocycles. The predicted molar refractivity (Wildman–Crippen MR) is 115 cm³/mol. The fourth-order valence-corrected chi connectivity index (χ4v) is 3.40. The van der Waals surface area contributed by atoms with Crippen LogP contribution in [-0.2, 0) is 13.6 Å². The molecule has 6 heteroatoms. The van der Waals surface area contributed by atoms with Crippen molar-refractivity contribution in [3.63, 3.8) is 0 Å². The minimum absolute atomic E-state index is 0.228. The number of hydrogen-bond donors (Lipinski definition) is 1. The van der Waals surface area contributed by atoms with Gasteiger partial charge < -0.3 is 9.38 Å². The zero-order valence-electron chi connectivity index (χ0n) is 18.3. The molecule has 0 saturated carbocycles. The average molecular weight is 407 g/mol. The van der Waals surface area contributed by atoms with Crippen LogP contribution in [0, 0.1) is 0 Å². The zero-order valence-corrected chi connectivity index (χ0v) is 19.2. The second kappa shape index (κ2) is 16.7. The third kappa shape index (κ3) is 22.0. The maximum absolute atomic E-state index is 11.7. The van der Waals surface area contributed by atoms with Gasteiger partial charge in [0.05, 0.1) is 27.7 Å². The highest BCUT2D eigenvalue weighted by Gasteiger charge is 2.21. The normalized spacial score (nSPS) is 14.7. The fraction of sp³-hybridized carbons (Fsp3) is 0.905. The van der Waals surface area contributed by atoms with E-state index in [9.17, 15) is 9.46 Å². The van der Waals surface area contributed by atoms with E-state index in [2.05, 4.69) is 19.1 Å². The number of unbranched alkanes of at least 4 members (excludes halogenated alkanes) is 10. The first-order valence-corrected chi connectivity index (χ1v) is 12.3. The van der Waals surface area contributed by atoms with E-state index >= 15 is 0 Å². The first kappa shape index (κ1) is 26.8. The van der Waals surface area contributed by atoms with Crippen molar-refractivity contribution in [3.05, 3.63) is 12.2 Å². The van der Waals surface area contributed by atoms with Crippen LogP contribution in [0.4, 0.5) is 0 Å². The number of phosphoric ester groups is 1. The lowest BCUT2D eigenvalue weighted by Gasteiger charge is -2.24. The molecule has 5 nitrogen and oxygen atoms in total. The lowest BCUT2D eigenvalue weighted by Crippen LogP contribution is -2.37. The fourth-order valence-electron chi connectivity index (χ4n) is 2.65. The van der Waals surface area contributed by atoms with E-state index in [1.807, 2.05) is 21.1 Å². The second-order valence-electron chi connectivity index (χ2n) is 8.38. The number of rotatable bonds is 19. The first-order valence-electron chi connectivity index (χ1n) is 10.8. The van der Waals surface area contributed by atoms with Gasteiger partial charge >= 0.3 is 7.82 Å². The van der Waals surface area contributed by atoms with E-state index in [4.69, 9.17) is 9.05 Å². The van der Waals surface area contributed by atoms with Gasteiger partial charge in [0.2, 0.25) is 0 Å². The molecule has 1 unspecified atom stereocenters. The Morgan fingerprint density at radius 3 is 1.81 bits per heavy atom. The van der Waals surface area contributed by atoms with Gasteiger partial charge in [-0.15, -0.1) is 0 Å². The maximum atomic E-state index is 11.7. The standard InChI is InChI=1S/C21H44NO4P/c1-5-6-7-8-9-10-11-12-13-14-15-16-17-18-20-25-27(23,24)26-21-19-22(2,3)4/h7-8H,5-6,9-21H2,1-4H3/p+1/b8-7-. The first-order chi connectivity index (χ1) is 12.8. The summed E-state index contributed by atoms with van der Waals surface area (Å²) in [4.78, 5) is 9.62. The monoisotopic (exact) mass is 406 g/mol. The Morgan fingerprint density at radius 2 is 1.26 bits per heavy atom. The molecule has 0 radical (unpaired) electrons. The van der Waals surface area contributed by atoms with Crippen LogP contribution in [0.1, 0.15) is 84.0 Å².